The third-order valence-electron chi connectivity index (χ3n) is 7.85. The molecular weight excluding hydrogens is 488 g/mol. The Morgan fingerprint density at radius 1 is 0.821 bits per heavy atom. The van der Waals surface area contributed by atoms with E-state index in [1.165, 1.54) is 6.42 Å². The van der Waals surface area contributed by atoms with Crippen LogP contribution in [0.25, 0.3) is 16.8 Å². The Bertz CT molecular complexity index is 1520. The van der Waals surface area contributed by atoms with Crippen LogP contribution in [0.3, 0.4) is 0 Å². The number of carbonyl (C=O) groups is 1. The van der Waals surface area contributed by atoms with Gasteiger partial charge in [-0.3, -0.25) is 0 Å². The van der Waals surface area contributed by atoms with Crippen LogP contribution in [-0.4, -0.2) is 26.3 Å². The maximum atomic E-state index is 13.6. The van der Waals surface area contributed by atoms with Crippen LogP contribution >= 0.6 is 0 Å². The molecule has 0 saturated heterocycles. The number of methoxy groups -OCH3 is 2. The van der Waals surface area contributed by atoms with Crippen LogP contribution in [0.15, 0.2) is 84.9 Å². The lowest BCUT2D eigenvalue weighted by molar-refractivity contribution is 0.0210. The van der Waals surface area contributed by atoms with Crippen molar-refractivity contribution in [3.05, 3.63) is 107 Å². The van der Waals surface area contributed by atoms with Crippen LogP contribution in [0.5, 0.6) is 17.2 Å². The molecule has 198 valence electrons. The lowest BCUT2D eigenvalue weighted by atomic mass is 9.82. The Morgan fingerprint density at radius 3 is 2.23 bits per heavy atom. The Hall–Kier alpha value is -4.25. The highest BCUT2D eigenvalue weighted by molar-refractivity contribution is 6.04. The van der Waals surface area contributed by atoms with Gasteiger partial charge in [-0.1, -0.05) is 48.9 Å². The van der Waals surface area contributed by atoms with Gasteiger partial charge in [0.1, 0.15) is 23.4 Å². The number of esters is 1. The van der Waals surface area contributed by atoms with Gasteiger partial charge in [0.25, 0.3) is 0 Å². The number of fused-ring (bicyclic) bond motifs is 3. The van der Waals surface area contributed by atoms with Crippen molar-refractivity contribution in [2.45, 2.75) is 43.8 Å². The molecule has 5 nitrogen and oxygen atoms in total. The van der Waals surface area contributed by atoms with Crippen LogP contribution in [0, 0.1) is 0 Å². The van der Waals surface area contributed by atoms with Crippen LogP contribution in [-0.2, 0) is 10.3 Å². The number of benzene rings is 4. The van der Waals surface area contributed by atoms with E-state index in [9.17, 15) is 4.79 Å². The van der Waals surface area contributed by atoms with Crippen molar-refractivity contribution < 1.29 is 23.7 Å². The van der Waals surface area contributed by atoms with Gasteiger partial charge in [-0.15, -0.1) is 0 Å². The Labute approximate surface area is 229 Å². The first kappa shape index (κ1) is 25.1. The van der Waals surface area contributed by atoms with Gasteiger partial charge in [0.05, 0.1) is 19.8 Å². The number of rotatable bonds is 6. The van der Waals surface area contributed by atoms with Gasteiger partial charge in [0.2, 0.25) is 0 Å². The summed E-state index contributed by atoms with van der Waals surface area (Å²) in [6.45, 7) is 0. The summed E-state index contributed by atoms with van der Waals surface area (Å²) in [4.78, 5) is 13.6. The van der Waals surface area contributed by atoms with Gasteiger partial charge < -0.3 is 18.9 Å². The summed E-state index contributed by atoms with van der Waals surface area (Å²) in [5.74, 6) is 1.82. The number of hydrogen-bond acceptors (Lipinski definition) is 5. The lowest BCUT2D eigenvalue weighted by Crippen LogP contribution is -2.34. The summed E-state index contributed by atoms with van der Waals surface area (Å²) in [6.07, 6.45) is 9.22. The first-order chi connectivity index (χ1) is 19.1. The summed E-state index contributed by atoms with van der Waals surface area (Å²) in [5, 5.41) is 1.76. The van der Waals surface area contributed by atoms with Gasteiger partial charge in [-0.2, -0.15) is 0 Å². The zero-order valence-electron chi connectivity index (χ0n) is 22.3. The molecule has 0 bridgehead atoms. The minimum Gasteiger partial charge on any atom is -0.497 e. The minimum absolute atomic E-state index is 0.0425. The Kier molecular flexibility index (Phi) is 6.74. The highest BCUT2D eigenvalue weighted by atomic mass is 16.5. The second kappa shape index (κ2) is 10.5. The quantitative estimate of drug-likeness (QED) is 0.244. The molecule has 5 heteroatoms. The maximum Gasteiger partial charge on any atom is 0.339 e. The third kappa shape index (κ3) is 4.63. The highest BCUT2D eigenvalue weighted by Crippen LogP contribution is 2.47. The molecule has 4 aromatic carbocycles. The van der Waals surface area contributed by atoms with Crippen molar-refractivity contribution in [3.63, 3.8) is 0 Å². The van der Waals surface area contributed by atoms with E-state index >= 15 is 0 Å². The predicted molar refractivity (Wildman–Crippen MR) is 153 cm³/mol. The Balaban J connectivity index is 1.52. The molecule has 39 heavy (non-hydrogen) atoms. The zero-order valence-corrected chi connectivity index (χ0v) is 22.3. The van der Waals surface area contributed by atoms with Crippen molar-refractivity contribution in [2.24, 2.45) is 0 Å². The standard InChI is InChI=1S/C34H32O5/c1-36-26-15-13-25(14-16-26)34(24-9-5-3-6-10-24)20-19-30-31(33(35)38-27-11-7-4-8-12-27)22-23-21-28(37-2)17-18-29(23)32(30)39-34/h3,5-6,9-10,13-22,27H,4,7-8,11-12H2,1-2H3. The first-order valence-electron chi connectivity index (χ1n) is 13.6. The van der Waals surface area contributed by atoms with Crippen molar-refractivity contribution >= 4 is 22.8 Å². The van der Waals surface area contributed by atoms with E-state index < -0.39 is 5.60 Å². The summed E-state index contributed by atoms with van der Waals surface area (Å²) in [6, 6.07) is 25.8. The molecule has 1 atom stereocenters. The normalized spacial score (nSPS) is 18.7. The van der Waals surface area contributed by atoms with E-state index in [1.54, 1.807) is 14.2 Å². The molecule has 0 aromatic heterocycles. The van der Waals surface area contributed by atoms with E-state index in [0.29, 0.717) is 17.1 Å². The van der Waals surface area contributed by atoms with Gasteiger partial charge in [-0.25, -0.2) is 4.79 Å². The number of carbonyl (C=O) groups excluding carboxylic acids is 1. The van der Waals surface area contributed by atoms with E-state index in [0.717, 1.165) is 58.9 Å². The molecular formula is C34H32O5. The molecule has 6 rings (SSSR count). The van der Waals surface area contributed by atoms with Gasteiger partial charge >= 0.3 is 5.97 Å². The fourth-order valence-electron chi connectivity index (χ4n) is 5.73. The largest absolute Gasteiger partial charge is 0.497 e. The number of ether oxygens (including phenoxy) is 4. The molecule has 2 aliphatic rings. The summed E-state index contributed by atoms with van der Waals surface area (Å²) < 4.78 is 24.0. The van der Waals surface area contributed by atoms with Crippen molar-refractivity contribution in [3.8, 4) is 17.2 Å². The van der Waals surface area contributed by atoms with Crippen molar-refractivity contribution in [1.82, 2.24) is 0 Å². The van der Waals surface area contributed by atoms with Crippen LogP contribution in [0.1, 0.15) is 59.2 Å². The monoisotopic (exact) mass is 520 g/mol. The molecule has 1 saturated carbocycles. The fraction of sp³-hybridized carbons (Fsp3) is 0.265. The second-order valence-electron chi connectivity index (χ2n) is 10.2. The van der Waals surface area contributed by atoms with E-state index in [4.69, 9.17) is 18.9 Å². The Morgan fingerprint density at radius 2 is 1.51 bits per heavy atom. The average Bonchev–Trinajstić information content (AvgIpc) is 3.01. The van der Waals surface area contributed by atoms with Gasteiger partial charge in [0.15, 0.2) is 5.60 Å². The molecule has 4 aromatic rings. The molecule has 1 aliphatic carbocycles. The summed E-state index contributed by atoms with van der Waals surface area (Å²) in [5.41, 5.74) is 2.26. The van der Waals surface area contributed by atoms with Crippen LogP contribution < -0.4 is 14.2 Å². The third-order valence-corrected chi connectivity index (χ3v) is 7.85. The molecule has 1 heterocycles. The highest BCUT2D eigenvalue weighted by Gasteiger charge is 2.39. The molecule has 0 N–H and O–H groups in total. The average molecular weight is 521 g/mol. The van der Waals surface area contributed by atoms with Gasteiger partial charge in [0, 0.05) is 22.1 Å². The first-order valence-corrected chi connectivity index (χ1v) is 13.6. The second-order valence-corrected chi connectivity index (χ2v) is 10.2. The molecule has 0 spiro atoms. The lowest BCUT2D eigenvalue weighted by Gasteiger charge is -2.37. The maximum absolute atomic E-state index is 13.6. The zero-order chi connectivity index (χ0) is 26.8. The molecule has 0 amide bonds. The molecule has 1 unspecified atom stereocenters. The fourth-order valence-corrected chi connectivity index (χ4v) is 5.73. The predicted octanol–water partition coefficient (Wildman–Crippen LogP) is 7.70. The van der Waals surface area contributed by atoms with Crippen LogP contribution in [0.2, 0.25) is 0 Å². The van der Waals surface area contributed by atoms with E-state index in [2.05, 4.69) is 12.1 Å². The van der Waals surface area contributed by atoms with Crippen LogP contribution in [0.4, 0.5) is 0 Å². The molecule has 0 radical (unpaired) electrons. The summed E-state index contributed by atoms with van der Waals surface area (Å²) in [7, 11) is 3.30. The minimum atomic E-state index is -0.903. The van der Waals surface area contributed by atoms with E-state index in [-0.39, 0.29) is 12.1 Å². The summed E-state index contributed by atoms with van der Waals surface area (Å²) >= 11 is 0. The smallest absolute Gasteiger partial charge is 0.339 e. The molecule has 1 aliphatic heterocycles. The SMILES string of the molecule is COc1ccc(C2(c3ccccc3)C=Cc3c(C(=O)OC4CCCCC4)cc4cc(OC)ccc4c3O2)cc1. The van der Waals surface area contributed by atoms with Crippen molar-refractivity contribution in [2.75, 3.05) is 14.2 Å². The van der Waals surface area contributed by atoms with Crippen molar-refractivity contribution in [1.29, 1.82) is 0 Å². The molecule has 1 fully saturated rings. The topological polar surface area (TPSA) is 54.0 Å². The number of hydrogen-bond donors (Lipinski definition) is 0. The van der Waals surface area contributed by atoms with E-state index in [1.807, 2.05) is 78.9 Å². The van der Waals surface area contributed by atoms with Gasteiger partial charge in [-0.05, 0) is 79.6 Å².